The summed E-state index contributed by atoms with van der Waals surface area (Å²) in [7, 11) is 0. The highest BCUT2D eigenvalue weighted by atomic mass is 16.5. The van der Waals surface area contributed by atoms with Gasteiger partial charge in [-0.25, -0.2) is 0 Å². The summed E-state index contributed by atoms with van der Waals surface area (Å²) in [6.45, 7) is 3.20. The van der Waals surface area contributed by atoms with Crippen LogP contribution in [0.25, 0.3) is 0 Å². The van der Waals surface area contributed by atoms with Crippen molar-refractivity contribution in [1.82, 2.24) is 10.6 Å². The van der Waals surface area contributed by atoms with E-state index in [0.717, 1.165) is 19.8 Å². The number of hydrogen-bond donors (Lipinski definition) is 2. The van der Waals surface area contributed by atoms with Crippen LogP contribution in [0.4, 0.5) is 0 Å². The first kappa shape index (κ1) is 6.54. The van der Waals surface area contributed by atoms with Gasteiger partial charge in [0.2, 0.25) is 0 Å². The Morgan fingerprint density at radius 2 is 2.30 bits per heavy atom. The molecule has 4 heteroatoms. The van der Waals surface area contributed by atoms with Crippen molar-refractivity contribution in [1.29, 1.82) is 0 Å². The number of ether oxygens (including phenoxy) is 2. The lowest BCUT2D eigenvalue weighted by molar-refractivity contribution is 0.0686. The number of rotatable bonds is 1. The molecule has 2 aliphatic rings. The van der Waals surface area contributed by atoms with E-state index >= 15 is 0 Å². The maximum Gasteiger partial charge on any atom is 0.126 e. The lowest BCUT2D eigenvalue weighted by atomic mass is 10.3. The normalized spacial score (nSPS) is 40.8. The van der Waals surface area contributed by atoms with Gasteiger partial charge in [0.25, 0.3) is 0 Å². The molecule has 0 saturated carbocycles. The van der Waals surface area contributed by atoms with E-state index in [1.54, 1.807) is 0 Å². The molecule has 2 atom stereocenters. The van der Waals surface area contributed by atoms with Crippen molar-refractivity contribution in [2.75, 3.05) is 26.5 Å². The van der Waals surface area contributed by atoms with Gasteiger partial charge in [0.15, 0.2) is 0 Å². The first-order valence-electron chi connectivity index (χ1n) is 3.63. The molecule has 0 aromatic rings. The van der Waals surface area contributed by atoms with Gasteiger partial charge >= 0.3 is 0 Å². The summed E-state index contributed by atoms with van der Waals surface area (Å²) in [6.07, 6.45) is 0.169. The second-order valence-corrected chi connectivity index (χ2v) is 2.57. The smallest absolute Gasteiger partial charge is 0.126 e. The van der Waals surface area contributed by atoms with Gasteiger partial charge in [-0.1, -0.05) is 0 Å². The molecule has 0 amide bonds. The summed E-state index contributed by atoms with van der Waals surface area (Å²) in [4.78, 5) is 0. The van der Waals surface area contributed by atoms with Crippen LogP contribution >= 0.6 is 0 Å². The quantitative estimate of drug-likeness (QED) is 0.489. The predicted octanol–water partition coefficient (Wildman–Crippen LogP) is -1.12. The zero-order valence-electron chi connectivity index (χ0n) is 5.80. The Bertz CT molecular complexity index is 94.3. The van der Waals surface area contributed by atoms with Crippen LogP contribution in [0.3, 0.4) is 0 Å². The van der Waals surface area contributed by atoms with E-state index in [1.807, 2.05) is 0 Å². The SMILES string of the molecule is C1COC(C2COCN2)N1. The van der Waals surface area contributed by atoms with Crippen LogP contribution in [-0.2, 0) is 9.47 Å². The molecule has 2 unspecified atom stereocenters. The first-order valence-corrected chi connectivity index (χ1v) is 3.63. The Labute approximate surface area is 59.9 Å². The maximum atomic E-state index is 5.38. The van der Waals surface area contributed by atoms with E-state index < -0.39 is 0 Å². The van der Waals surface area contributed by atoms with Crippen LogP contribution in [-0.4, -0.2) is 38.8 Å². The van der Waals surface area contributed by atoms with Gasteiger partial charge in [-0.15, -0.1) is 0 Å². The molecular weight excluding hydrogens is 132 g/mol. The summed E-state index contributed by atoms with van der Waals surface area (Å²) in [5.41, 5.74) is 0. The highest BCUT2D eigenvalue weighted by Crippen LogP contribution is 2.05. The Morgan fingerprint density at radius 3 is 2.90 bits per heavy atom. The van der Waals surface area contributed by atoms with Gasteiger partial charge in [0.1, 0.15) is 6.23 Å². The Balaban J connectivity index is 1.85. The molecule has 0 aromatic carbocycles. The Hall–Kier alpha value is -0.160. The van der Waals surface area contributed by atoms with Crippen LogP contribution in [0.1, 0.15) is 0 Å². The minimum Gasteiger partial charge on any atom is -0.365 e. The third kappa shape index (κ3) is 1.15. The molecule has 2 fully saturated rings. The monoisotopic (exact) mass is 144 g/mol. The molecule has 4 nitrogen and oxygen atoms in total. The summed E-state index contributed by atoms with van der Waals surface area (Å²) in [5.74, 6) is 0. The van der Waals surface area contributed by atoms with Crippen molar-refractivity contribution in [3.63, 3.8) is 0 Å². The largest absolute Gasteiger partial charge is 0.365 e. The zero-order chi connectivity index (χ0) is 6.81. The predicted molar refractivity (Wildman–Crippen MR) is 35.5 cm³/mol. The lowest BCUT2D eigenvalue weighted by Crippen LogP contribution is -2.43. The molecule has 2 heterocycles. The van der Waals surface area contributed by atoms with Crippen molar-refractivity contribution in [3.05, 3.63) is 0 Å². The fraction of sp³-hybridized carbons (Fsp3) is 1.00. The third-order valence-corrected chi connectivity index (χ3v) is 1.86. The fourth-order valence-corrected chi connectivity index (χ4v) is 1.31. The summed E-state index contributed by atoms with van der Waals surface area (Å²) >= 11 is 0. The number of hydrogen-bond acceptors (Lipinski definition) is 4. The average molecular weight is 144 g/mol. The molecule has 2 rings (SSSR count). The molecule has 2 saturated heterocycles. The van der Waals surface area contributed by atoms with Gasteiger partial charge in [0.05, 0.1) is 26.0 Å². The van der Waals surface area contributed by atoms with Gasteiger partial charge in [-0.3, -0.25) is 10.6 Å². The molecular formula is C6H12N2O2. The molecule has 10 heavy (non-hydrogen) atoms. The van der Waals surface area contributed by atoms with Crippen molar-refractivity contribution in [2.45, 2.75) is 12.3 Å². The van der Waals surface area contributed by atoms with Crippen LogP contribution in [0.5, 0.6) is 0 Å². The van der Waals surface area contributed by atoms with Crippen molar-refractivity contribution >= 4 is 0 Å². The molecule has 0 spiro atoms. The second-order valence-electron chi connectivity index (χ2n) is 2.57. The van der Waals surface area contributed by atoms with Crippen LogP contribution < -0.4 is 10.6 Å². The van der Waals surface area contributed by atoms with E-state index in [9.17, 15) is 0 Å². The summed E-state index contributed by atoms with van der Waals surface area (Å²) in [5, 5.41) is 6.42. The highest BCUT2D eigenvalue weighted by molar-refractivity contribution is 4.80. The third-order valence-electron chi connectivity index (χ3n) is 1.86. The van der Waals surface area contributed by atoms with Crippen molar-refractivity contribution in [3.8, 4) is 0 Å². The summed E-state index contributed by atoms with van der Waals surface area (Å²) < 4.78 is 10.5. The van der Waals surface area contributed by atoms with Gasteiger partial charge in [0, 0.05) is 6.54 Å². The van der Waals surface area contributed by atoms with Gasteiger partial charge < -0.3 is 9.47 Å². The molecule has 2 aliphatic heterocycles. The average Bonchev–Trinajstić information content (AvgIpc) is 2.59. The zero-order valence-corrected chi connectivity index (χ0v) is 5.80. The molecule has 0 bridgehead atoms. The first-order chi connectivity index (χ1) is 4.97. The highest BCUT2D eigenvalue weighted by Gasteiger charge is 2.27. The topological polar surface area (TPSA) is 42.5 Å². The minimum absolute atomic E-state index is 0.169. The van der Waals surface area contributed by atoms with Gasteiger partial charge in [-0.2, -0.15) is 0 Å². The molecule has 0 aliphatic carbocycles. The maximum absolute atomic E-state index is 5.38. The molecule has 2 N–H and O–H groups in total. The van der Waals surface area contributed by atoms with Crippen molar-refractivity contribution in [2.24, 2.45) is 0 Å². The molecule has 0 radical (unpaired) electrons. The summed E-state index contributed by atoms with van der Waals surface area (Å²) in [6, 6.07) is 0.350. The standard InChI is InChI=1S/C6H12N2O2/c1-2-10-6(7-1)5-3-9-4-8-5/h5-8H,1-4H2. The minimum atomic E-state index is 0.169. The van der Waals surface area contributed by atoms with Crippen LogP contribution in [0, 0.1) is 0 Å². The van der Waals surface area contributed by atoms with Gasteiger partial charge in [-0.05, 0) is 0 Å². The Morgan fingerprint density at radius 1 is 1.30 bits per heavy atom. The van der Waals surface area contributed by atoms with E-state index in [0.29, 0.717) is 12.8 Å². The van der Waals surface area contributed by atoms with Crippen LogP contribution in [0.15, 0.2) is 0 Å². The Kier molecular flexibility index (Phi) is 1.86. The van der Waals surface area contributed by atoms with E-state index in [1.165, 1.54) is 0 Å². The van der Waals surface area contributed by atoms with Crippen LogP contribution in [0.2, 0.25) is 0 Å². The lowest BCUT2D eigenvalue weighted by Gasteiger charge is -2.15. The van der Waals surface area contributed by atoms with E-state index in [-0.39, 0.29) is 6.23 Å². The van der Waals surface area contributed by atoms with Crippen molar-refractivity contribution < 1.29 is 9.47 Å². The molecule has 58 valence electrons. The fourth-order valence-electron chi connectivity index (χ4n) is 1.31. The molecule has 0 aromatic heterocycles. The van der Waals surface area contributed by atoms with E-state index in [2.05, 4.69) is 10.6 Å². The number of nitrogens with one attached hydrogen (secondary N) is 2. The second kappa shape index (κ2) is 2.84. The van der Waals surface area contributed by atoms with E-state index in [4.69, 9.17) is 9.47 Å².